The molecule has 6 nitrogen and oxygen atoms in total. The Morgan fingerprint density at radius 3 is 2.50 bits per heavy atom. The number of nitrogens with one attached hydrogen (secondary N) is 2. The van der Waals surface area contributed by atoms with Gasteiger partial charge in [-0.25, -0.2) is 4.79 Å². The molecule has 1 aromatic heterocycles. The van der Waals surface area contributed by atoms with Crippen molar-refractivity contribution in [2.24, 2.45) is 0 Å². The number of Topliss-reactive ketones (excluding diaryl/α,β-unsaturated/α-hetero) is 1. The zero-order valence-electron chi connectivity index (χ0n) is 14.2. The molecule has 0 aliphatic heterocycles. The molecule has 0 aliphatic carbocycles. The van der Waals surface area contributed by atoms with Crippen molar-refractivity contribution in [3.63, 3.8) is 0 Å². The van der Waals surface area contributed by atoms with E-state index in [2.05, 4.69) is 10.3 Å². The molecule has 1 heterocycles. The van der Waals surface area contributed by atoms with Gasteiger partial charge in [-0.05, 0) is 25.1 Å². The van der Waals surface area contributed by atoms with Crippen LogP contribution >= 0.6 is 0 Å². The molecule has 1 amide bonds. The fraction of sp³-hybridized carbons (Fsp3) is 0.150. The second-order valence-electron chi connectivity index (χ2n) is 5.84. The van der Waals surface area contributed by atoms with E-state index in [0.717, 1.165) is 10.9 Å². The zero-order valence-corrected chi connectivity index (χ0v) is 14.2. The molecule has 3 rings (SSSR count). The van der Waals surface area contributed by atoms with Gasteiger partial charge >= 0.3 is 5.97 Å². The molecule has 0 aliphatic rings. The van der Waals surface area contributed by atoms with E-state index in [9.17, 15) is 14.4 Å². The molecule has 0 radical (unpaired) electrons. The number of amides is 1. The fourth-order valence-corrected chi connectivity index (χ4v) is 2.57. The highest BCUT2D eigenvalue weighted by Gasteiger charge is 2.20. The summed E-state index contributed by atoms with van der Waals surface area (Å²) >= 11 is 0. The summed E-state index contributed by atoms with van der Waals surface area (Å²) in [6.45, 7) is 1.13. The molecule has 2 aromatic carbocycles. The van der Waals surface area contributed by atoms with Crippen LogP contribution in [0.4, 0.5) is 0 Å². The smallest absolute Gasteiger partial charge is 0.328 e. The van der Waals surface area contributed by atoms with Crippen LogP contribution in [0.25, 0.3) is 10.9 Å². The van der Waals surface area contributed by atoms with E-state index in [1.165, 1.54) is 6.92 Å². The molecule has 26 heavy (non-hydrogen) atoms. The number of benzene rings is 2. The van der Waals surface area contributed by atoms with Gasteiger partial charge in [-0.3, -0.25) is 9.59 Å². The number of aromatic amines is 1. The van der Waals surface area contributed by atoms with Gasteiger partial charge in [0.1, 0.15) is 6.04 Å². The number of carbonyl (C=O) groups excluding carboxylic acids is 3. The molecule has 0 bridgehead atoms. The van der Waals surface area contributed by atoms with Gasteiger partial charge in [0.25, 0.3) is 5.91 Å². The minimum Gasteiger partial charge on any atom is -0.456 e. The zero-order chi connectivity index (χ0) is 18.5. The third-order valence-electron chi connectivity index (χ3n) is 3.97. The Balaban J connectivity index is 1.56. The number of ether oxygens (including phenoxy) is 1. The van der Waals surface area contributed by atoms with E-state index < -0.39 is 12.0 Å². The Kier molecular flexibility index (Phi) is 5.12. The lowest BCUT2D eigenvalue weighted by atomic mass is 10.1. The molecule has 132 valence electrons. The number of rotatable bonds is 6. The Bertz CT molecular complexity index is 947. The number of carbonyl (C=O) groups is 3. The van der Waals surface area contributed by atoms with Crippen LogP contribution in [0.3, 0.4) is 0 Å². The summed E-state index contributed by atoms with van der Waals surface area (Å²) in [6, 6.07) is 15.1. The molecule has 0 unspecified atom stereocenters. The van der Waals surface area contributed by atoms with E-state index >= 15 is 0 Å². The molecule has 2 N–H and O–H groups in total. The molecule has 0 saturated carbocycles. The maximum absolute atomic E-state index is 12.3. The Labute approximate surface area is 150 Å². The van der Waals surface area contributed by atoms with Crippen molar-refractivity contribution in [1.29, 1.82) is 0 Å². The molecule has 0 fully saturated rings. The first-order chi connectivity index (χ1) is 12.6. The van der Waals surface area contributed by atoms with E-state index in [-0.39, 0.29) is 18.3 Å². The molecule has 0 spiro atoms. The SMILES string of the molecule is C[C@H](NC(=O)c1ccccc1)C(=O)OCC(=O)c1c[nH]c2ccccc12. The number of esters is 1. The van der Waals surface area contributed by atoms with E-state index in [4.69, 9.17) is 4.74 Å². The topological polar surface area (TPSA) is 88.3 Å². The summed E-state index contributed by atoms with van der Waals surface area (Å²) in [6.07, 6.45) is 1.60. The monoisotopic (exact) mass is 350 g/mol. The van der Waals surface area contributed by atoms with Crippen LogP contribution in [0.5, 0.6) is 0 Å². The van der Waals surface area contributed by atoms with Gasteiger partial charge in [0.2, 0.25) is 5.78 Å². The predicted molar refractivity (Wildman–Crippen MR) is 97.0 cm³/mol. The van der Waals surface area contributed by atoms with Crippen molar-refractivity contribution in [2.45, 2.75) is 13.0 Å². The lowest BCUT2D eigenvalue weighted by Gasteiger charge is -2.13. The van der Waals surface area contributed by atoms with E-state index in [1.807, 2.05) is 24.3 Å². The number of para-hydroxylation sites is 1. The Morgan fingerprint density at radius 2 is 1.73 bits per heavy atom. The van der Waals surface area contributed by atoms with Gasteiger partial charge in [0, 0.05) is 28.2 Å². The van der Waals surface area contributed by atoms with Crippen molar-refractivity contribution in [3.8, 4) is 0 Å². The third kappa shape index (κ3) is 3.80. The number of hydrogen-bond donors (Lipinski definition) is 2. The maximum atomic E-state index is 12.3. The maximum Gasteiger partial charge on any atom is 0.328 e. The lowest BCUT2D eigenvalue weighted by molar-refractivity contribution is -0.144. The summed E-state index contributed by atoms with van der Waals surface area (Å²) in [7, 11) is 0. The van der Waals surface area contributed by atoms with Crippen LogP contribution in [0, 0.1) is 0 Å². The first kappa shape index (κ1) is 17.4. The van der Waals surface area contributed by atoms with Crippen LogP contribution in [0.2, 0.25) is 0 Å². The largest absolute Gasteiger partial charge is 0.456 e. The average molecular weight is 350 g/mol. The summed E-state index contributed by atoms with van der Waals surface area (Å²) in [4.78, 5) is 39.4. The van der Waals surface area contributed by atoms with Crippen LogP contribution < -0.4 is 5.32 Å². The van der Waals surface area contributed by atoms with Gasteiger partial charge in [-0.2, -0.15) is 0 Å². The minimum atomic E-state index is -0.863. The quantitative estimate of drug-likeness (QED) is 0.528. The highest BCUT2D eigenvalue weighted by atomic mass is 16.5. The second kappa shape index (κ2) is 7.65. The number of hydrogen-bond acceptors (Lipinski definition) is 4. The Hall–Kier alpha value is -3.41. The average Bonchev–Trinajstić information content (AvgIpc) is 3.10. The first-order valence-electron chi connectivity index (χ1n) is 8.18. The summed E-state index contributed by atoms with van der Waals surface area (Å²) < 4.78 is 5.06. The van der Waals surface area contributed by atoms with Gasteiger partial charge < -0.3 is 15.0 Å². The van der Waals surface area contributed by atoms with Crippen molar-refractivity contribution in [3.05, 3.63) is 71.9 Å². The van der Waals surface area contributed by atoms with Crippen molar-refractivity contribution < 1.29 is 19.1 Å². The highest BCUT2D eigenvalue weighted by molar-refractivity contribution is 6.09. The minimum absolute atomic E-state index is 0.308. The van der Waals surface area contributed by atoms with Crippen LogP contribution in [0.15, 0.2) is 60.8 Å². The van der Waals surface area contributed by atoms with Crippen LogP contribution in [-0.2, 0) is 9.53 Å². The molecular formula is C20H18N2O4. The van der Waals surface area contributed by atoms with Crippen molar-refractivity contribution in [2.75, 3.05) is 6.61 Å². The summed E-state index contributed by atoms with van der Waals surface area (Å²) in [5, 5.41) is 3.33. The second-order valence-corrected chi connectivity index (χ2v) is 5.84. The summed E-state index contributed by atoms with van der Waals surface area (Å²) in [5.74, 6) is -1.35. The Morgan fingerprint density at radius 1 is 1.04 bits per heavy atom. The van der Waals surface area contributed by atoms with Crippen LogP contribution in [0.1, 0.15) is 27.6 Å². The lowest BCUT2D eigenvalue weighted by Crippen LogP contribution is -2.40. The highest BCUT2D eigenvalue weighted by Crippen LogP contribution is 2.18. The van der Waals surface area contributed by atoms with Gasteiger partial charge in [-0.1, -0.05) is 36.4 Å². The predicted octanol–water partition coefficient (Wildman–Crippen LogP) is 2.71. The molecule has 6 heteroatoms. The molecule has 1 atom stereocenters. The van der Waals surface area contributed by atoms with Crippen molar-refractivity contribution in [1.82, 2.24) is 10.3 Å². The van der Waals surface area contributed by atoms with E-state index in [0.29, 0.717) is 11.1 Å². The first-order valence-corrected chi connectivity index (χ1v) is 8.18. The number of ketones is 1. The summed E-state index contributed by atoms with van der Waals surface area (Å²) in [5.41, 5.74) is 1.75. The molecular weight excluding hydrogens is 332 g/mol. The molecule has 0 saturated heterocycles. The van der Waals surface area contributed by atoms with Gasteiger partial charge in [-0.15, -0.1) is 0 Å². The van der Waals surface area contributed by atoms with Crippen LogP contribution in [-0.4, -0.2) is 35.3 Å². The van der Waals surface area contributed by atoms with Gasteiger partial charge in [0.05, 0.1) is 0 Å². The molecule has 3 aromatic rings. The third-order valence-corrected chi connectivity index (χ3v) is 3.97. The van der Waals surface area contributed by atoms with E-state index in [1.54, 1.807) is 36.5 Å². The fourth-order valence-electron chi connectivity index (χ4n) is 2.57. The normalized spacial score (nSPS) is 11.7. The number of fused-ring (bicyclic) bond motifs is 1. The standard InChI is InChI=1S/C20H18N2O4/c1-13(22-19(24)14-7-3-2-4-8-14)20(25)26-12-18(23)16-11-21-17-10-6-5-9-15(16)17/h2-11,13,21H,12H2,1H3,(H,22,24)/t13-/m0/s1. The number of H-pyrrole nitrogens is 1. The number of aromatic nitrogens is 1. The van der Waals surface area contributed by atoms with Crippen molar-refractivity contribution >= 4 is 28.6 Å². The van der Waals surface area contributed by atoms with Gasteiger partial charge in [0.15, 0.2) is 6.61 Å².